The summed E-state index contributed by atoms with van der Waals surface area (Å²) in [6.45, 7) is 0. The topological polar surface area (TPSA) is 158 Å². The molecule has 9 nitrogen and oxygen atoms in total. The Hall–Kier alpha value is -2.50. The van der Waals surface area contributed by atoms with Gasteiger partial charge in [-0.1, -0.05) is 0 Å². The van der Waals surface area contributed by atoms with Crippen LogP contribution in [-0.2, 0) is 23.9 Å². The Kier molecular flexibility index (Phi) is 4.11. The molecule has 0 spiro atoms. The van der Waals surface area contributed by atoms with Gasteiger partial charge in [0.2, 0.25) is 0 Å². The van der Waals surface area contributed by atoms with Crippen molar-refractivity contribution >= 4 is 20.2 Å². The van der Waals surface area contributed by atoms with Crippen molar-refractivity contribution in [2.45, 2.75) is 9.79 Å². The fourth-order valence-corrected chi connectivity index (χ4v) is 4.31. The first-order valence-corrected chi connectivity index (χ1v) is 8.60. The van der Waals surface area contributed by atoms with Crippen molar-refractivity contribution in [1.82, 2.24) is 0 Å². The molecular formula is C12H10O9S2. The van der Waals surface area contributed by atoms with Crippen LogP contribution in [0.2, 0.25) is 0 Å². The summed E-state index contributed by atoms with van der Waals surface area (Å²) in [4.78, 5) is -1.97. The number of phenolic OH excluding ortho intramolecular Hbond substituents is 4. The molecular weight excluding hydrogens is 352 g/mol. The van der Waals surface area contributed by atoms with Crippen LogP contribution >= 0.6 is 0 Å². The maximum Gasteiger partial charge on any atom is 0.315 e. The lowest BCUT2D eigenvalue weighted by Crippen LogP contribution is -2.14. The van der Waals surface area contributed by atoms with E-state index in [2.05, 4.69) is 3.63 Å². The Morgan fingerprint density at radius 2 is 1.00 bits per heavy atom. The van der Waals surface area contributed by atoms with Crippen molar-refractivity contribution in [2.75, 3.05) is 0 Å². The zero-order valence-corrected chi connectivity index (χ0v) is 12.7. The summed E-state index contributed by atoms with van der Waals surface area (Å²) in [6, 6.07) is 4.77. The second-order valence-electron chi connectivity index (χ2n) is 4.28. The summed E-state index contributed by atoms with van der Waals surface area (Å²) in [7, 11) is -10.1. The number of hydrogen-bond donors (Lipinski definition) is 4. The first-order chi connectivity index (χ1) is 10.5. The van der Waals surface area contributed by atoms with E-state index in [1.807, 2.05) is 0 Å². The smallest absolute Gasteiger partial charge is 0.315 e. The highest BCUT2D eigenvalue weighted by Gasteiger charge is 2.31. The van der Waals surface area contributed by atoms with Gasteiger partial charge in [-0.15, -0.1) is 3.63 Å². The van der Waals surface area contributed by atoms with E-state index in [1.165, 1.54) is 0 Å². The normalized spacial score (nSPS) is 12.2. The van der Waals surface area contributed by atoms with Gasteiger partial charge in [-0.25, -0.2) is 0 Å². The number of aromatic hydroxyl groups is 4. The van der Waals surface area contributed by atoms with Gasteiger partial charge in [0.15, 0.2) is 0 Å². The fourth-order valence-electron chi connectivity index (χ4n) is 1.60. The molecule has 0 heterocycles. The summed E-state index contributed by atoms with van der Waals surface area (Å²) in [5.41, 5.74) is 0. The summed E-state index contributed by atoms with van der Waals surface area (Å²) in [6.07, 6.45) is 0. The van der Waals surface area contributed by atoms with Crippen molar-refractivity contribution in [3.8, 4) is 23.0 Å². The van der Waals surface area contributed by atoms with Crippen molar-refractivity contribution in [1.29, 1.82) is 0 Å². The second-order valence-corrected chi connectivity index (χ2v) is 7.52. The van der Waals surface area contributed by atoms with E-state index < -0.39 is 53.0 Å². The summed E-state index contributed by atoms with van der Waals surface area (Å²) < 4.78 is 52.0. The molecule has 2 aromatic rings. The maximum atomic E-state index is 12.0. The van der Waals surface area contributed by atoms with Crippen LogP contribution in [0.4, 0.5) is 0 Å². The van der Waals surface area contributed by atoms with Gasteiger partial charge in [-0.3, -0.25) is 0 Å². The number of rotatable bonds is 4. The zero-order chi connectivity index (χ0) is 17.4. The van der Waals surface area contributed by atoms with Crippen molar-refractivity contribution in [3.63, 3.8) is 0 Å². The monoisotopic (exact) mass is 362 g/mol. The minimum atomic E-state index is -5.04. The lowest BCUT2D eigenvalue weighted by Gasteiger charge is -2.09. The molecule has 0 fully saturated rings. The van der Waals surface area contributed by atoms with Crippen LogP contribution in [0.1, 0.15) is 0 Å². The molecule has 0 saturated carbocycles. The molecule has 0 aliphatic carbocycles. The summed E-state index contributed by atoms with van der Waals surface area (Å²) in [5, 5.41) is 37.5. The largest absolute Gasteiger partial charge is 0.508 e. The minimum absolute atomic E-state index is 0.553. The first-order valence-electron chi connectivity index (χ1n) is 5.78. The summed E-state index contributed by atoms with van der Waals surface area (Å²) >= 11 is 0. The highest BCUT2D eigenvalue weighted by atomic mass is 32.3. The van der Waals surface area contributed by atoms with Crippen molar-refractivity contribution < 1.29 is 40.9 Å². The van der Waals surface area contributed by atoms with Crippen molar-refractivity contribution in [3.05, 3.63) is 36.4 Å². The number of benzene rings is 2. The Morgan fingerprint density at radius 3 is 1.35 bits per heavy atom. The van der Waals surface area contributed by atoms with Crippen molar-refractivity contribution in [2.24, 2.45) is 0 Å². The molecule has 0 aromatic heterocycles. The molecule has 0 radical (unpaired) electrons. The molecule has 4 N–H and O–H groups in total. The van der Waals surface area contributed by atoms with Crippen LogP contribution in [-0.4, -0.2) is 37.3 Å². The third-order valence-electron chi connectivity index (χ3n) is 2.60. The van der Waals surface area contributed by atoms with Crippen LogP contribution in [0.3, 0.4) is 0 Å². The Morgan fingerprint density at radius 1 is 0.652 bits per heavy atom. The number of phenols is 4. The minimum Gasteiger partial charge on any atom is -0.508 e. The van der Waals surface area contributed by atoms with Gasteiger partial charge in [0.1, 0.15) is 32.8 Å². The van der Waals surface area contributed by atoms with E-state index in [-0.39, 0.29) is 0 Å². The average Bonchev–Trinajstić information content (AvgIpc) is 2.42. The zero-order valence-electron chi connectivity index (χ0n) is 11.1. The van der Waals surface area contributed by atoms with E-state index in [9.17, 15) is 37.3 Å². The molecule has 2 rings (SSSR count). The third-order valence-corrected chi connectivity index (χ3v) is 5.77. The van der Waals surface area contributed by atoms with E-state index in [1.54, 1.807) is 0 Å². The van der Waals surface area contributed by atoms with Gasteiger partial charge in [0.05, 0.1) is 0 Å². The van der Waals surface area contributed by atoms with Crippen LogP contribution < -0.4 is 0 Å². The van der Waals surface area contributed by atoms with Gasteiger partial charge < -0.3 is 20.4 Å². The molecule has 124 valence electrons. The standard InChI is InChI=1S/C12H10O9S2/c13-7-1-3-9(15)11(5-7)22(17,18)21-23(19,20)12-6-8(14)2-4-10(12)16/h1-6,13-16H. The highest BCUT2D eigenvalue weighted by Crippen LogP contribution is 2.33. The third kappa shape index (κ3) is 3.47. The molecule has 0 aliphatic heterocycles. The lowest BCUT2D eigenvalue weighted by molar-refractivity contribution is 0.423. The first kappa shape index (κ1) is 16.9. The summed E-state index contributed by atoms with van der Waals surface area (Å²) in [5.74, 6) is -2.80. The predicted molar refractivity (Wildman–Crippen MR) is 75.0 cm³/mol. The Labute approximate surface area is 130 Å². The molecule has 23 heavy (non-hydrogen) atoms. The number of hydrogen-bond acceptors (Lipinski definition) is 9. The molecule has 2 aromatic carbocycles. The molecule has 0 unspecified atom stereocenters. The van der Waals surface area contributed by atoms with E-state index >= 15 is 0 Å². The molecule has 0 atom stereocenters. The Balaban J connectivity index is 2.51. The van der Waals surface area contributed by atoms with Gasteiger partial charge >= 0.3 is 20.2 Å². The van der Waals surface area contributed by atoms with Gasteiger partial charge in [-0.05, 0) is 24.3 Å². The van der Waals surface area contributed by atoms with Crippen LogP contribution in [0.5, 0.6) is 23.0 Å². The SMILES string of the molecule is O=S(=O)(OS(=O)(=O)c1cc(O)ccc1O)c1cc(O)ccc1O. The molecule has 0 saturated heterocycles. The van der Waals surface area contributed by atoms with Gasteiger partial charge in [0, 0.05) is 12.1 Å². The Bertz CT molecular complexity index is 883. The fraction of sp³-hybridized carbons (Fsp3) is 0. The lowest BCUT2D eigenvalue weighted by atomic mass is 10.3. The van der Waals surface area contributed by atoms with E-state index in [4.69, 9.17) is 0 Å². The van der Waals surface area contributed by atoms with Crippen LogP contribution in [0.25, 0.3) is 0 Å². The van der Waals surface area contributed by atoms with Crippen LogP contribution in [0, 0.1) is 0 Å². The molecule has 11 heteroatoms. The highest BCUT2D eigenvalue weighted by molar-refractivity contribution is 8.00. The molecule has 0 aliphatic rings. The van der Waals surface area contributed by atoms with Crippen LogP contribution in [0.15, 0.2) is 46.2 Å². The molecule has 0 bridgehead atoms. The quantitative estimate of drug-likeness (QED) is 0.571. The second kappa shape index (κ2) is 5.61. The average molecular weight is 362 g/mol. The maximum absolute atomic E-state index is 12.0. The predicted octanol–water partition coefficient (Wildman–Crippen LogP) is 0.603. The van der Waals surface area contributed by atoms with Gasteiger partial charge in [-0.2, -0.15) is 16.8 Å². The van der Waals surface area contributed by atoms with E-state index in [0.29, 0.717) is 12.1 Å². The van der Waals surface area contributed by atoms with Gasteiger partial charge in [0.25, 0.3) is 0 Å². The molecule has 0 amide bonds. The van der Waals surface area contributed by atoms with E-state index in [0.717, 1.165) is 24.3 Å².